The van der Waals surface area contributed by atoms with Crippen molar-refractivity contribution in [2.24, 2.45) is 5.92 Å². The molecular formula is C13H13N3O2. The first-order chi connectivity index (χ1) is 8.78. The Morgan fingerprint density at radius 3 is 2.83 bits per heavy atom. The van der Waals surface area contributed by atoms with Gasteiger partial charge in [-0.25, -0.2) is 9.78 Å². The lowest BCUT2D eigenvalue weighted by Gasteiger charge is -2.14. The number of aromatic nitrogens is 3. The number of esters is 1. The molecule has 2 aromatic heterocycles. The van der Waals surface area contributed by atoms with Gasteiger partial charge in [0, 0.05) is 18.6 Å². The molecule has 5 heteroatoms. The molecule has 2 heterocycles. The van der Waals surface area contributed by atoms with Crippen LogP contribution in [-0.2, 0) is 4.74 Å². The minimum atomic E-state index is -0.272. The van der Waals surface area contributed by atoms with Crippen LogP contribution in [0.5, 0.6) is 0 Å². The second-order valence-electron chi connectivity index (χ2n) is 5.18. The fourth-order valence-corrected chi connectivity index (χ4v) is 2.57. The van der Waals surface area contributed by atoms with E-state index in [0.717, 1.165) is 12.8 Å². The summed E-state index contributed by atoms with van der Waals surface area (Å²) in [4.78, 5) is 23.4. The van der Waals surface area contributed by atoms with Crippen LogP contribution in [0.25, 0.3) is 11.2 Å². The van der Waals surface area contributed by atoms with Gasteiger partial charge in [-0.3, -0.25) is 4.98 Å². The van der Waals surface area contributed by atoms with E-state index in [0.29, 0.717) is 22.6 Å². The van der Waals surface area contributed by atoms with Crippen LogP contribution in [0, 0.1) is 5.92 Å². The van der Waals surface area contributed by atoms with Gasteiger partial charge < -0.3 is 9.72 Å². The largest absolute Gasteiger partial charge is 0.455 e. The number of carbonyl (C=O) groups is 1. The Morgan fingerprint density at radius 1 is 1.33 bits per heavy atom. The molecular weight excluding hydrogens is 230 g/mol. The molecule has 5 nitrogen and oxygen atoms in total. The molecule has 0 amide bonds. The van der Waals surface area contributed by atoms with Gasteiger partial charge in [-0.2, -0.15) is 0 Å². The van der Waals surface area contributed by atoms with Gasteiger partial charge in [0.15, 0.2) is 5.65 Å². The summed E-state index contributed by atoms with van der Waals surface area (Å²) in [6.07, 6.45) is 9.23. The zero-order valence-corrected chi connectivity index (χ0v) is 9.85. The maximum Gasteiger partial charge on any atom is 0.342 e. The minimum absolute atomic E-state index is 0.150. The monoisotopic (exact) mass is 243 g/mol. The average molecular weight is 243 g/mol. The molecule has 2 aromatic rings. The molecule has 1 N–H and O–H groups in total. The van der Waals surface area contributed by atoms with Crippen LogP contribution in [-0.4, -0.2) is 26.5 Å². The maximum atomic E-state index is 12.2. The van der Waals surface area contributed by atoms with E-state index < -0.39 is 0 Å². The van der Waals surface area contributed by atoms with Gasteiger partial charge in [0.1, 0.15) is 16.7 Å². The molecule has 0 unspecified atom stereocenters. The van der Waals surface area contributed by atoms with Crippen LogP contribution < -0.4 is 0 Å². The summed E-state index contributed by atoms with van der Waals surface area (Å²) < 4.78 is 5.70. The van der Waals surface area contributed by atoms with Crippen molar-refractivity contribution in [2.45, 2.75) is 31.3 Å². The first kappa shape index (κ1) is 10.1. The third-order valence-corrected chi connectivity index (χ3v) is 3.89. The standard InChI is InChI=1S/C13H13N3O2/c17-12(18-13(3-4-13)8-1-2-8)9-7-16-11-10(9)14-5-6-15-11/h5-8H,1-4H2,(H,15,16). The molecule has 0 bridgehead atoms. The van der Waals surface area contributed by atoms with Crippen molar-refractivity contribution in [1.29, 1.82) is 0 Å². The third kappa shape index (κ3) is 1.43. The molecule has 4 rings (SSSR count). The topological polar surface area (TPSA) is 67.9 Å². The first-order valence-electron chi connectivity index (χ1n) is 6.30. The molecule has 2 aliphatic carbocycles. The second kappa shape index (κ2) is 3.31. The van der Waals surface area contributed by atoms with Crippen LogP contribution in [0.4, 0.5) is 0 Å². The lowest BCUT2D eigenvalue weighted by Crippen LogP contribution is -2.21. The van der Waals surface area contributed by atoms with E-state index in [9.17, 15) is 4.79 Å². The predicted molar refractivity (Wildman–Crippen MR) is 64.0 cm³/mol. The summed E-state index contributed by atoms with van der Waals surface area (Å²) in [7, 11) is 0. The molecule has 2 aliphatic rings. The number of rotatable bonds is 3. The average Bonchev–Trinajstić information content (AvgIpc) is 3.27. The lowest BCUT2D eigenvalue weighted by molar-refractivity contribution is 0.0162. The summed E-state index contributed by atoms with van der Waals surface area (Å²) >= 11 is 0. The Labute approximate surface area is 104 Å². The Balaban J connectivity index is 1.64. The van der Waals surface area contributed by atoms with E-state index in [4.69, 9.17) is 4.74 Å². The molecule has 92 valence electrons. The molecule has 0 spiro atoms. The number of aromatic amines is 1. The fourth-order valence-electron chi connectivity index (χ4n) is 2.57. The van der Waals surface area contributed by atoms with Gasteiger partial charge in [0.05, 0.1) is 0 Å². The maximum absolute atomic E-state index is 12.2. The molecule has 0 aromatic carbocycles. The van der Waals surface area contributed by atoms with E-state index in [1.165, 1.54) is 12.8 Å². The number of hydrogen-bond acceptors (Lipinski definition) is 4. The summed E-state index contributed by atoms with van der Waals surface area (Å²) in [6, 6.07) is 0. The summed E-state index contributed by atoms with van der Waals surface area (Å²) in [5.74, 6) is 0.323. The van der Waals surface area contributed by atoms with E-state index in [1.807, 2.05) is 0 Å². The Morgan fingerprint density at radius 2 is 2.11 bits per heavy atom. The Bertz CT molecular complexity index is 626. The van der Waals surface area contributed by atoms with Gasteiger partial charge in [0.25, 0.3) is 0 Å². The molecule has 18 heavy (non-hydrogen) atoms. The van der Waals surface area contributed by atoms with Crippen LogP contribution in [0.1, 0.15) is 36.0 Å². The fraction of sp³-hybridized carbons (Fsp3) is 0.462. The number of H-pyrrole nitrogens is 1. The third-order valence-electron chi connectivity index (χ3n) is 3.89. The number of hydrogen-bond donors (Lipinski definition) is 1. The smallest absolute Gasteiger partial charge is 0.342 e. The Kier molecular flexibility index (Phi) is 1.85. The molecule has 0 atom stereocenters. The Hall–Kier alpha value is -1.91. The number of nitrogens with one attached hydrogen (secondary N) is 1. The predicted octanol–water partition coefficient (Wildman–Crippen LogP) is 2.06. The highest BCUT2D eigenvalue weighted by molar-refractivity contribution is 6.01. The van der Waals surface area contributed by atoms with Crippen LogP contribution in [0.3, 0.4) is 0 Å². The molecule has 2 fully saturated rings. The van der Waals surface area contributed by atoms with Gasteiger partial charge in [0.2, 0.25) is 0 Å². The highest BCUT2D eigenvalue weighted by Crippen LogP contribution is 2.56. The van der Waals surface area contributed by atoms with Crippen molar-refractivity contribution in [3.05, 3.63) is 24.2 Å². The highest BCUT2D eigenvalue weighted by Gasteiger charge is 2.57. The lowest BCUT2D eigenvalue weighted by atomic mass is 10.2. The number of nitrogens with zero attached hydrogens (tertiary/aromatic N) is 2. The van der Waals surface area contributed by atoms with E-state index in [2.05, 4.69) is 15.0 Å². The van der Waals surface area contributed by atoms with Crippen molar-refractivity contribution in [1.82, 2.24) is 15.0 Å². The van der Waals surface area contributed by atoms with Gasteiger partial charge in [-0.15, -0.1) is 0 Å². The molecule has 2 saturated carbocycles. The van der Waals surface area contributed by atoms with Crippen molar-refractivity contribution in [3.63, 3.8) is 0 Å². The number of carbonyl (C=O) groups excluding carboxylic acids is 1. The van der Waals surface area contributed by atoms with E-state index in [1.54, 1.807) is 18.6 Å². The van der Waals surface area contributed by atoms with Crippen LogP contribution >= 0.6 is 0 Å². The molecule has 0 saturated heterocycles. The van der Waals surface area contributed by atoms with Crippen molar-refractivity contribution >= 4 is 17.1 Å². The summed E-state index contributed by atoms with van der Waals surface area (Å²) in [5.41, 5.74) is 1.56. The number of fused-ring (bicyclic) bond motifs is 1. The van der Waals surface area contributed by atoms with E-state index in [-0.39, 0.29) is 11.6 Å². The normalized spacial score (nSPS) is 20.9. The van der Waals surface area contributed by atoms with Gasteiger partial charge in [-0.05, 0) is 31.6 Å². The van der Waals surface area contributed by atoms with Gasteiger partial charge >= 0.3 is 5.97 Å². The first-order valence-corrected chi connectivity index (χ1v) is 6.30. The van der Waals surface area contributed by atoms with Crippen LogP contribution in [0.15, 0.2) is 18.6 Å². The highest BCUT2D eigenvalue weighted by atomic mass is 16.6. The zero-order chi connectivity index (χ0) is 12.2. The second-order valence-corrected chi connectivity index (χ2v) is 5.18. The molecule has 0 radical (unpaired) electrons. The summed E-state index contributed by atoms with van der Waals surface area (Å²) in [6.45, 7) is 0. The van der Waals surface area contributed by atoms with Gasteiger partial charge in [-0.1, -0.05) is 0 Å². The van der Waals surface area contributed by atoms with Crippen molar-refractivity contribution in [2.75, 3.05) is 0 Å². The minimum Gasteiger partial charge on any atom is -0.455 e. The van der Waals surface area contributed by atoms with Crippen LogP contribution in [0.2, 0.25) is 0 Å². The van der Waals surface area contributed by atoms with Crippen molar-refractivity contribution in [3.8, 4) is 0 Å². The summed E-state index contributed by atoms with van der Waals surface area (Å²) in [5, 5.41) is 0. The van der Waals surface area contributed by atoms with Crippen molar-refractivity contribution < 1.29 is 9.53 Å². The SMILES string of the molecule is O=C(OC1(C2CC2)CC1)c1c[nH]c2nccnc12. The number of ether oxygens (including phenoxy) is 1. The quantitative estimate of drug-likeness (QED) is 0.838. The van der Waals surface area contributed by atoms with E-state index >= 15 is 0 Å². The molecule has 0 aliphatic heterocycles. The zero-order valence-electron chi connectivity index (χ0n) is 9.85.